The van der Waals surface area contributed by atoms with E-state index in [1.54, 1.807) is 24.3 Å². The maximum Gasteiger partial charge on any atom is 0.164 e. The van der Waals surface area contributed by atoms with E-state index < -0.39 is 6.04 Å². The third-order valence-electron chi connectivity index (χ3n) is 9.45. The van der Waals surface area contributed by atoms with Crippen molar-refractivity contribution in [1.29, 1.82) is 0 Å². The fraction of sp³-hybridized carbons (Fsp3) is 0. The minimum absolute atomic E-state index is 0.0485. The Morgan fingerprint density at radius 3 is 1.75 bits per heavy atom. The lowest BCUT2D eigenvalue weighted by Gasteiger charge is -2.11. The Morgan fingerprint density at radius 2 is 0.981 bits per heavy atom. The molecule has 0 aliphatic rings. The molecule has 4 heteroatoms. The molecule has 2 heterocycles. The van der Waals surface area contributed by atoms with Crippen molar-refractivity contribution >= 4 is 32.7 Å². The fourth-order valence-electron chi connectivity index (χ4n) is 6.77. The van der Waals surface area contributed by atoms with Crippen LogP contribution in [0.1, 0.15) is 8.22 Å². The van der Waals surface area contributed by atoms with Gasteiger partial charge < -0.3 is 4.42 Å². The van der Waals surface area contributed by atoms with Crippen LogP contribution in [-0.2, 0) is 0 Å². The lowest BCUT2D eigenvalue weighted by molar-refractivity contribution is 0.669. The van der Waals surface area contributed by atoms with Crippen LogP contribution in [0.25, 0.3) is 100 Å². The molecule has 0 fully saturated rings. The van der Waals surface area contributed by atoms with Crippen LogP contribution in [0.4, 0.5) is 0 Å². The van der Waals surface area contributed by atoms with Crippen LogP contribution in [0, 0.1) is 0 Å². The van der Waals surface area contributed by atoms with E-state index >= 15 is 0 Å². The second-order valence-electron chi connectivity index (χ2n) is 12.8. The Balaban J connectivity index is 1.16. The molecule has 0 saturated heterocycles. The largest absolute Gasteiger partial charge is 0.456 e. The molecule has 0 spiro atoms. The highest BCUT2D eigenvalue weighted by atomic mass is 16.3. The monoisotopic (exact) mass is 683 g/mol. The molecule has 10 aromatic rings. The third kappa shape index (κ3) is 5.73. The Kier molecular flexibility index (Phi) is 6.04. The quantitative estimate of drug-likeness (QED) is 0.175. The molecule has 0 aliphatic carbocycles. The third-order valence-corrected chi connectivity index (χ3v) is 9.45. The first-order valence-electron chi connectivity index (χ1n) is 20.3. The molecule has 0 amide bonds. The summed E-state index contributed by atoms with van der Waals surface area (Å²) in [7, 11) is 0. The normalized spacial score (nSPS) is 13.0. The maximum atomic E-state index is 9.43. The van der Waals surface area contributed by atoms with Crippen molar-refractivity contribution in [2.45, 2.75) is 0 Å². The minimum Gasteiger partial charge on any atom is -0.456 e. The first-order valence-corrected chi connectivity index (χ1v) is 17.3. The predicted octanol–water partition coefficient (Wildman–Crippen LogP) is 12.9. The van der Waals surface area contributed by atoms with Gasteiger partial charge in [-0.1, -0.05) is 158 Å². The van der Waals surface area contributed by atoms with Crippen molar-refractivity contribution in [3.8, 4) is 67.5 Å². The highest BCUT2D eigenvalue weighted by Gasteiger charge is 2.18. The lowest BCUT2D eigenvalue weighted by Crippen LogP contribution is -2.00. The van der Waals surface area contributed by atoms with Crippen LogP contribution < -0.4 is 0 Å². The zero-order chi connectivity index (χ0) is 40.4. The summed E-state index contributed by atoms with van der Waals surface area (Å²) in [5.41, 5.74) is 6.25. The summed E-state index contributed by atoms with van der Waals surface area (Å²) >= 11 is 0. The number of fused-ring (bicyclic) bond motifs is 4. The van der Waals surface area contributed by atoms with Crippen LogP contribution in [0.5, 0.6) is 0 Å². The van der Waals surface area contributed by atoms with Gasteiger partial charge in [0.2, 0.25) is 0 Å². The zero-order valence-corrected chi connectivity index (χ0v) is 28.2. The molecule has 2 aromatic heterocycles. The van der Waals surface area contributed by atoms with Crippen molar-refractivity contribution in [3.63, 3.8) is 0 Å². The molecule has 8 aromatic carbocycles. The van der Waals surface area contributed by atoms with Crippen molar-refractivity contribution in [3.05, 3.63) is 188 Å². The summed E-state index contributed by atoms with van der Waals surface area (Å²) in [5, 5.41) is 2.69. The second-order valence-corrected chi connectivity index (χ2v) is 12.8. The van der Waals surface area contributed by atoms with Crippen LogP contribution in [-0.4, -0.2) is 15.0 Å². The van der Waals surface area contributed by atoms with Gasteiger partial charge in [0.1, 0.15) is 11.2 Å². The van der Waals surface area contributed by atoms with Crippen molar-refractivity contribution < 1.29 is 12.6 Å². The van der Waals surface area contributed by atoms with Gasteiger partial charge in [-0.05, 0) is 74.4 Å². The van der Waals surface area contributed by atoms with E-state index in [2.05, 4.69) is 54.6 Å². The topological polar surface area (TPSA) is 51.8 Å². The predicted molar refractivity (Wildman–Crippen MR) is 217 cm³/mol. The summed E-state index contributed by atoms with van der Waals surface area (Å²) in [4.78, 5) is 14.8. The van der Waals surface area contributed by atoms with Gasteiger partial charge in [-0.2, -0.15) is 0 Å². The van der Waals surface area contributed by atoms with Gasteiger partial charge in [-0.3, -0.25) is 0 Å². The molecule has 10 rings (SSSR count). The van der Waals surface area contributed by atoms with E-state index in [1.165, 1.54) is 10.8 Å². The number of rotatable bonds is 6. The number of furan rings is 1. The standard InChI is InChI=1S/C49H31N3O/c1-3-11-32(12-4-1)40-27-28-44-43(31-40)46-42(19-10-20-45(46)53-44)49-51-47(36-14-5-2-6-15-36)50-48(52-49)41-18-9-17-38(30-41)34-21-23-35(24-22-34)39-26-25-33-13-7-8-16-37(33)29-39/h1-31H/i10D,19D,20D,27D,28D,31D. The summed E-state index contributed by atoms with van der Waals surface area (Å²) in [6, 6.07) is 47.7. The smallest absolute Gasteiger partial charge is 0.164 e. The van der Waals surface area contributed by atoms with E-state index in [4.69, 9.17) is 24.9 Å². The average Bonchev–Trinajstić information content (AvgIpc) is 3.69. The summed E-state index contributed by atoms with van der Waals surface area (Å²) in [6.45, 7) is 0. The van der Waals surface area contributed by atoms with E-state index in [0.717, 1.165) is 22.3 Å². The number of nitrogens with zero attached hydrogens (tertiary/aromatic N) is 3. The fourth-order valence-corrected chi connectivity index (χ4v) is 6.77. The molecule has 53 heavy (non-hydrogen) atoms. The lowest BCUT2D eigenvalue weighted by atomic mass is 9.97. The van der Waals surface area contributed by atoms with E-state index in [0.29, 0.717) is 28.3 Å². The molecular formula is C49H31N3O. The Morgan fingerprint density at radius 1 is 0.396 bits per heavy atom. The van der Waals surface area contributed by atoms with E-state index in [9.17, 15) is 2.74 Å². The van der Waals surface area contributed by atoms with Gasteiger partial charge in [-0.25, -0.2) is 15.0 Å². The number of hydrogen-bond donors (Lipinski definition) is 0. The Labute approximate surface area is 315 Å². The highest BCUT2D eigenvalue weighted by molar-refractivity contribution is 6.12. The zero-order valence-electron chi connectivity index (χ0n) is 34.2. The molecule has 248 valence electrons. The van der Waals surface area contributed by atoms with Gasteiger partial charge in [0, 0.05) is 27.5 Å². The summed E-state index contributed by atoms with van der Waals surface area (Å²) in [5.74, 6) is 0.687. The van der Waals surface area contributed by atoms with Crippen molar-refractivity contribution in [2.75, 3.05) is 0 Å². The van der Waals surface area contributed by atoms with Crippen LogP contribution in [0.3, 0.4) is 0 Å². The Hall–Kier alpha value is -7.17. The van der Waals surface area contributed by atoms with E-state index in [1.807, 2.05) is 72.8 Å². The van der Waals surface area contributed by atoms with Gasteiger partial charge in [0.25, 0.3) is 0 Å². The Bertz CT molecular complexity index is 3280. The maximum absolute atomic E-state index is 9.43. The van der Waals surface area contributed by atoms with Gasteiger partial charge in [0.15, 0.2) is 17.5 Å². The molecule has 0 aliphatic heterocycles. The number of aromatic nitrogens is 3. The van der Waals surface area contributed by atoms with Crippen LogP contribution in [0.2, 0.25) is 0 Å². The number of benzene rings is 8. The highest BCUT2D eigenvalue weighted by Crippen LogP contribution is 2.39. The first kappa shape index (κ1) is 24.9. The molecule has 0 radical (unpaired) electrons. The van der Waals surface area contributed by atoms with E-state index in [-0.39, 0.29) is 69.1 Å². The van der Waals surface area contributed by atoms with Gasteiger partial charge in [-0.15, -0.1) is 0 Å². The minimum atomic E-state index is -0.420. The molecule has 4 nitrogen and oxygen atoms in total. The van der Waals surface area contributed by atoms with Gasteiger partial charge >= 0.3 is 0 Å². The summed E-state index contributed by atoms with van der Waals surface area (Å²) < 4.78 is 60.4. The molecule has 0 N–H and O–H groups in total. The van der Waals surface area contributed by atoms with Crippen LogP contribution in [0.15, 0.2) is 192 Å². The van der Waals surface area contributed by atoms with Gasteiger partial charge in [0.05, 0.1) is 8.22 Å². The summed E-state index contributed by atoms with van der Waals surface area (Å²) in [6.07, 6.45) is 0. The molecule has 0 saturated carbocycles. The molecule has 0 unspecified atom stereocenters. The van der Waals surface area contributed by atoms with Crippen molar-refractivity contribution in [2.24, 2.45) is 0 Å². The average molecular weight is 684 g/mol. The number of hydrogen-bond acceptors (Lipinski definition) is 4. The molecule has 0 bridgehead atoms. The first-order chi connectivity index (χ1) is 28.7. The van der Waals surface area contributed by atoms with Crippen LogP contribution >= 0.6 is 0 Å². The molecular weight excluding hydrogens is 647 g/mol. The van der Waals surface area contributed by atoms with Crippen molar-refractivity contribution in [1.82, 2.24) is 15.0 Å². The molecule has 0 atom stereocenters. The SMILES string of the molecule is [2H]c1c(-c2ccccc2)c([2H])c2c(oc3c([2H])c([2H])c([2H])c(-c4nc(-c5ccccc5)nc(-c5cccc(-c6ccc(-c7ccc8ccccc8c7)cc6)c5)n4)c32)c1[2H]. The second kappa shape index (κ2) is 12.9.